The molecule has 0 radical (unpaired) electrons. The summed E-state index contributed by atoms with van der Waals surface area (Å²) < 4.78 is 14.9. The number of anilines is 2. The number of benzene rings is 2. The Balaban J connectivity index is 1.77. The number of hydrogen-bond donors (Lipinski definition) is 1. The first kappa shape index (κ1) is 18.9. The van der Waals surface area contributed by atoms with Crippen LogP contribution in [-0.2, 0) is 0 Å². The second-order valence-electron chi connectivity index (χ2n) is 6.78. The Hall–Kier alpha value is -1.92. The van der Waals surface area contributed by atoms with Gasteiger partial charge in [0.1, 0.15) is 5.82 Å². The molecule has 0 spiro atoms. The first-order valence-corrected chi connectivity index (χ1v) is 9.51. The van der Waals surface area contributed by atoms with Gasteiger partial charge < -0.3 is 15.1 Å². The second-order valence-corrected chi connectivity index (χ2v) is 7.63. The van der Waals surface area contributed by atoms with Crippen LogP contribution in [0.25, 0.3) is 0 Å². The SMILES string of the molecule is CN1CCC(N(C)c2cc(F)cc(NC(=O)c3ccccc3Br)c2)CC1. The van der Waals surface area contributed by atoms with Crippen molar-refractivity contribution >= 4 is 33.2 Å². The predicted octanol–water partition coefficient (Wildman–Crippen LogP) is 4.37. The van der Waals surface area contributed by atoms with Gasteiger partial charge in [-0.25, -0.2) is 4.39 Å². The van der Waals surface area contributed by atoms with Crippen LogP contribution in [0.2, 0.25) is 0 Å². The van der Waals surface area contributed by atoms with Gasteiger partial charge in [0.05, 0.1) is 5.56 Å². The summed E-state index contributed by atoms with van der Waals surface area (Å²) in [5, 5.41) is 2.80. The minimum atomic E-state index is -0.357. The van der Waals surface area contributed by atoms with Crippen molar-refractivity contribution in [2.75, 3.05) is 37.4 Å². The molecule has 0 aromatic heterocycles. The van der Waals surface area contributed by atoms with Crippen molar-refractivity contribution in [2.45, 2.75) is 18.9 Å². The topological polar surface area (TPSA) is 35.6 Å². The summed E-state index contributed by atoms with van der Waals surface area (Å²) in [4.78, 5) is 16.9. The Labute approximate surface area is 162 Å². The van der Waals surface area contributed by atoms with Crippen LogP contribution in [0.15, 0.2) is 46.9 Å². The summed E-state index contributed by atoms with van der Waals surface area (Å²) in [5.74, 6) is -0.624. The van der Waals surface area contributed by atoms with Gasteiger partial charge in [-0.2, -0.15) is 0 Å². The normalized spacial score (nSPS) is 15.7. The highest BCUT2D eigenvalue weighted by Crippen LogP contribution is 2.26. The Morgan fingerprint density at radius 1 is 1.23 bits per heavy atom. The van der Waals surface area contributed by atoms with Crippen molar-refractivity contribution in [3.63, 3.8) is 0 Å². The lowest BCUT2D eigenvalue weighted by Crippen LogP contribution is -2.42. The van der Waals surface area contributed by atoms with Crippen LogP contribution in [-0.4, -0.2) is 44.0 Å². The Morgan fingerprint density at radius 2 is 1.92 bits per heavy atom. The Bertz CT molecular complexity index is 790. The predicted molar refractivity (Wildman–Crippen MR) is 107 cm³/mol. The highest BCUT2D eigenvalue weighted by Gasteiger charge is 2.21. The highest BCUT2D eigenvalue weighted by atomic mass is 79.9. The molecule has 0 unspecified atom stereocenters. The van der Waals surface area contributed by atoms with Gasteiger partial charge >= 0.3 is 0 Å². The fourth-order valence-corrected chi connectivity index (χ4v) is 3.75. The fraction of sp³-hybridized carbons (Fsp3) is 0.350. The number of halogens is 2. The van der Waals surface area contributed by atoms with Crippen molar-refractivity contribution in [1.82, 2.24) is 4.90 Å². The molecular formula is C20H23BrFN3O. The van der Waals surface area contributed by atoms with Crippen LogP contribution < -0.4 is 10.2 Å². The zero-order chi connectivity index (χ0) is 18.7. The zero-order valence-electron chi connectivity index (χ0n) is 15.0. The number of carbonyl (C=O) groups excluding carboxylic acids is 1. The maximum Gasteiger partial charge on any atom is 0.256 e. The Kier molecular flexibility index (Phi) is 5.94. The number of piperidine rings is 1. The van der Waals surface area contributed by atoms with Crippen LogP contribution >= 0.6 is 15.9 Å². The monoisotopic (exact) mass is 419 g/mol. The smallest absolute Gasteiger partial charge is 0.256 e. The van der Waals surface area contributed by atoms with Gasteiger partial charge in [0.25, 0.3) is 5.91 Å². The van der Waals surface area contributed by atoms with Gasteiger partial charge in [-0.05, 0) is 79.2 Å². The van der Waals surface area contributed by atoms with Crippen molar-refractivity contribution < 1.29 is 9.18 Å². The lowest BCUT2D eigenvalue weighted by molar-refractivity contribution is 0.102. The van der Waals surface area contributed by atoms with E-state index >= 15 is 0 Å². The number of rotatable bonds is 4. The van der Waals surface area contributed by atoms with Crippen molar-refractivity contribution in [1.29, 1.82) is 0 Å². The molecule has 3 rings (SSSR count). The molecule has 2 aromatic rings. The zero-order valence-corrected chi connectivity index (χ0v) is 16.6. The van der Waals surface area contributed by atoms with E-state index in [4.69, 9.17) is 0 Å². The van der Waals surface area contributed by atoms with E-state index < -0.39 is 0 Å². The van der Waals surface area contributed by atoms with Crippen molar-refractivity contribution in [3.8, 4) is 0 Å². The lowest BCUT2D eigenvalue weighted by Gasteiger charge is -2.36. The van der Waals surface area contributed by atoms with Gasteiger partial charge in [0, 0.05) is 28.9 Å². The third-order valence-electron chi connectivity index (χ3n) is 4.90. The molecule has 1 amide bonds. The number of carbonyl (C=O) groups is 1. The number of nitrogens with zero attached hydrogens (tertiary/aromatic N) is 2. The maximum absolute atomic E-state index is 14.2. The number of amides is 1. The van der Waals surface area contributed by atoms with E-state index in [9.17, 15) is 9.18 Å². The molecule has 0 aliphatic carbocycles. The molecule has 138 valence electrons. The first-order valence-electron chi connectivity index (χ1n) is 8.72. The second kappa shape index (κ2) is 8.18. The molecule has 6 heteroatoms. The summed E-state index contributed by atoms with van der Waals surface area (Å²) >= 11 is 3.37. The molecule has 26 heavy (non-hydrogen) atoms. The number of likely N-dealkylation sites (tertiary alicyclic amines) is 1. The third-order valence-corrected chi connectivity index (χ3v) is 5.59. The molecular weight excluding hydrogens is 397 g/mol. The van der Waals surface area contributed by atoms with E-state index in [0.717, 1.165) is 31.6 Å². The molecule has 0 saturated carbocycles. The Morgan fingerprint density at radius 3 is 2.62 bits per heavy atom. The van der Waals surface area contributed by atoms with E-state index in [-0.39, 0.29) is 11.7 Å². The third kappa shape index (κ3) is 4.43. The quantitative estimate of drug-likeness (QED) is 0.798. The van der Waals surface area contributed by atoms with Gasteiger partial charge in [0.2, 0.25) is 0 Å². The van der Waals surface area contributed by atoms with E-state index in [2.05, 4.69) is 38.1 Å². The van der Waals surface area contributed by atoms with E-state index in [1.165, 1.54) is 12.1 Å². The summed E-state index contributed by atoms with van der Waals surface area (Å²) in [7, 11) is 4.11. The summed E-state index contributed by atoms with van der Waals surface area (Å²) in [6.45, 7) is 2.08. The molecule has 4 nitrogen and oxygen atoms in total. The van der Waals surface area contributed by atoms with E-state index in [1.54, 1.807) is 18.2 Å². The van der Waals surface area contributed by atoms with Crippen molar-refractivity contribution in [2.24, 2.45) is 0 Å². The number of hydrogen-bond acceptors (Lipinski definition) is 3. The maximum atomic E-state index is 14.2. The molecule has 1 aliphatic heterocycles. The van der Waals surface area contributed by atoms with Crippen LogP contribution in [0.1, 0.15) is 23.2 Å². The van der Waals surface area contributed by atoms with Gasteiger partial charge in [-0.15, -0.1) is 0 Å². The van der Waals surface area contributed by atoms with E-state index in [0.29, 0.717) is 21.8 Å². The summed E-state index contributed by atoms with van der Waals surface area (Å²) in [6, 6.07) is 12.2. The molecule has 1 fully saturated rings. The van der Waals surface area contributed by atoms with Crippen LogP contribution in [0.3, 0.4) is 0 Å². The van der Waals surface area contributed by atoms with Crippen LogP contribution in [0.4, 0.5) is 15.8 Å². The highest BCUT2D eigenvalue weighted by molar-refractivity contribution is 9.10. The minimum absolute atomic E-state index is 0.268. The van der Waals surface area contributed by atoms with E-state index in [1.807, 2.05) is 19.2 Å². The van der Waals surface area contributed by atoms with Crippen LogP contribution in [0.5, 0.6) is 0 Å². The van der Waals surface area contributed by atoms with Gasteiger partial charge in [0.15, 0.2) is 0 Å². The average Bonchev–Trinajstić information content (AvgIpc) is 2.61. The van der Waals surface area contributed by atoms with Crippen molar-refractivity contribution in [3.05, 3.63) is 58.3 Å². The summed E-state index contributed by atoms with van der Waals surface area (Å²) in [5.41, 5.74) is 1.75. The molecule has 2 aromatic carbocycles. The van der Waals surface area contributed by atoms with Gasteiger partial charge in [-0.1, -0.05) is 12.1 Å². The molecule has 0 bridgehead atoms. The average molecular weight is 420 g/mol. The molecule has 1 saturated heterocycles. The number of nitrogens with one attached hydrogen (secondary N) is 1. The van der Waals surface area contributed by atoms with Gasteiger partial charge in [-0.3, -0.25) is 4.79 Å². The molecule has 0 atom stereocenters. The summed E-state index contributed by atoms with van der Waals surface area (Å²) in [6.07, 6.45) is 2.09. The van der Waals surface area contributed by atoms with Crippen LogP contribution in [0, 0.1) is 5.82 Å². The standard InChI is InChI=1S/C20H23BrFN3O/c1-24-9-7-16(8-10-24)25(2)17-12-14(22)11-15(13-17)23-20(26)18-5-3-4-6-19(18)21/h3-6,11-13,16H,7-10H2,1-2H3,(H,23,26). The molecule has 1 N–H and O–H groups in total. The lowest BCUT2D eigenvalue weighted by atomic mass is 10.0. The molecule has 1 heterocycles. The first-order chi connectivity index (χ1) is 12.4. The molecule has 1 aliphatic rings. The largest absolute Gasteiger partial charge is 0.371 e. The minimum Gasteiger partial charge on any atom is -0.371 e. The fourth-order valence-electron chi connectivity index (χ4n) is 3.29.